The van der Waals surface area contributed by atoms with Crippen LogP contribution >= 0.6 is 0 Å². The van der Waals surface area contributed by atoms with Crippen molar-refractivity contribution < 1.29 is 40.0 Å². The van der Waals surface area contributed by atoms with Crippen molar-refractivity contribution in [2.75, 3.05) is 13.2 Å². The molecule has 0 unspecified atom stereocenters. The summed E-state index contributed by atoms with van der Waals surface area (Å²) in [5.74, 6) is -0.0381. The first-order valence-corrected chi connectivity index (χ1v) is 12.1. The summed E-state index contributed by atoms with van der Waals surface area (Å²) in [6.45, 7) is -0.453. The highest BCUT2D eigenvalue weighted by atomic mass is 32.2. The zero-order valence-corrected chi connectivity index (χ0v) is 19.4. The third kappa shape index (κ3) is 6.42. The molecule has 36 heavy (non-hydrogen) atoms. The van der Waals surface area contributed by atoms with Gasteiger partial charge in [0.15, 0.2) is 0 Å². The number of amides is 1. The number of benzene rings is 1. The van der Waals surface area contributed by atoms with Gasteiger partial charge in [0, 0.05) is 36.6 Å². The predicted molar refractivity (Wildman–Crippen MR) is 119 cm³/mol. The molecule has 190 valence electrons. The molecule has 1 aliphatic heterocycles. The average Bonchev–Trinajstić information content (AvgIpc) is 2.84. The van der Waals surface area contributed by atoms with Crippen molar-refractivity contribution in [1.29, 1.82) is 0 Å². The van der Waals surface area contributed by atoms with Gasteiger partial charge in [-0.25, -0.2) is 4.98 Å². The van der Waals surface area contributed by atoms with Gasteiger partial charge < -0.3 is 19.0 Å². The lowest BCUT2D eigenvalue weighted by Gasteiger charge is -2.27. The van der Waals surface area contributed by atoms with Crippen LogP contribution in [0.1, 0.15) is 22.3 Å². The molecule has 3 aromatic rings. The summed E-state index contributed by atoms with van der Waals surface area (Å²) in [6.07, 6.45) is -1.43. The van der Waals surface area contributed by atoms with Gasteiger partial charge in [0.1, 0.15) is 23.0 Å². The predicted octanol–water partition coefficient (Wildman–Crippen LogP) is 3.31. The summed E-state index contributed by atoms with van der Waals surface area (Å²) in [5.41, 5.74) is 0.626. The number of aromatic nitrogens is 2. The van der Waals surface area contributed by atoms with Crippen LogP contribution in [0.3, 0.4) is 0 Å². The Kier molecular flexibility index (Phi) is 7.29. The Morgan fingerprint density at radius 2 is 1.97 bits per heavy atom. The molecule has 0 spiro atoms. The van der Waals surface area contributed by atoms with E-state index in [-0.39, 0.29) is 35.1 Å². The maximum absolute atomic E-state index is 12.7. The van der Waals surface area contributed by atoms with Crippen molar-refractivity contribution in [2.24, 2.45) is 0 Å². The van der Waals surface area contributed by atoms with Gasteiger partial charge in [-0.3, -0.25) is 9.78 Å². The molecule has 0 radical (unpaired) electrons. The normalized spacial score (nSPS) is 15.4. The quantitative estimate of drug-likeness (QED) is 0.447. The van der Waals surface area contributed by atoms with Gasteiger partial charge in [-0.05, 0) is 30.3 Å². The van der Waals surface area contributed by atoms with E-state index in [0.29, 0.717) is 11.3 Å². The number of carbonyl (C=O) groups excluding carboxylic acids is 1. The highest BCUT2D eigenvalue weighted by Crippen LogP contribution is 2.34. The fourth-order valence-corrected chi connectivity index (χ4v) is 4.27. The molecular formula is C23H20F3N3O6S. The van der Waals surface area contributed by atoms with Gasteiger partial charge in [0.2, 0.25) is 5.88 Å². The molecule has 1 N–H and O–H groups in total. The van der Waals surface area contributed by atoms with Crippen LogP contribution in [0.5, 0.6) is 17.4 Å². The van der Waals surface area contributed by atoms with Gasteiger partial charge >= 0.3 is 16.3 Å². The minimum absolute atomic E-state index is 0.0395. The lowest BCUT2D eigenvalue weighted by atomic mass is 10.0. The summed E-state index contributed by atoms with van der Waals surface area (Å²) >= 11 is 0. The molecule has 1 atom stereocenters. The number of pyridine rings is 2. The molecule has 1 aromatic carbocycles. The van der Waals surface area contributed by atoms with E-state index in [4.69, 9.17) is 13.7 Å². The van der Waals surface area contributed by atoms with Crippen LogP contribution < -0.4 is 19.0 Å². The Hall–Kier alpha value is -3.87. The number of hydrogen-bond donors (Lipinski definition) is 1. The van der Waals surface area contributed by atoms with E-state index in [1.54, 1.807) is 12.1 Å². The summed E-state index contributed by atoms with van der Waals surface area (Å²) in [4.78, 5) is 20.2. The van der Waals surface area contributed by atoms with Crippen LogP contribution in [0.4, 0.5) is 13.2 Å². The topological polar surface area (TPSA) is 117 Å². The first kappa shape index (κ1) is 25.2. The van der Waals surface area contributed by atoms with E-state index in [0.717, 1.165) is 0 Å². The molecule has 0 fully saturated rings. The molecule has 2 aromatic heterocycles. The Balaban J connectivity index is 1.40. The van der Waals surface area contributed by atoms with Gasteiger partial charge in [-0.2, -0.15) is 21.6 Å². The van der Waals surface area contributed by atoms with E-state index in [1.165, 1.54) is 48.9 Å². The van der Waals surface area contributed by atoms with Crippen molar-refractivity contribution in [3.63, 3.8) is 0 Å². The number of fused-ring (bicyclic) bond motifs is 1. The second-order valence-corrected chi connectivity index (χ2v) is 9.29. The third-order valence-corrected chi connectivity index (χ3v) is 6.29. The van der Waals surface area contributed by atoms with Crippen LogP contribution in [-0.2, 0) is 16.5 Å². The molecule has 9 nitrogen and oxygen atoms in total. The Morgan fingerprint density at radius 1 is 1.14 bits per heavy atom. The lowest BCUT2D eigenvalue weighted by Crippen LogP contribution is -2.42. The van der Waals surface area contributed by atoms with Crippen LogP contribution in [0.25, 0.3) is 0 Å². The van der Waals surface area contributed by atoms with E-state index in [2.05, 4.69) is 15.3 Å². The third-order valence-electron chi connectivity index (χ3n) is 5.07. The van der Waals surface area contributed by atoms with E-state index in [9.17, 15) is 26.4 Å². The van der Waals surface area contributed by atoms with Crippen molar-refractivity contribution in [3.8, 4) is 17.4 Å². The standard InChI is InChI=1S/C23H20F3N3O6S/c24-23(25,26)8-10-33-21-7-6-15(12-28-21)22(30)29-16-11-18-19(34-14-16)4-1-5-20(18)35-36(31,32)17-3-2-9-27-13-17/h1-7,9,12-13,16H,8,10-11,14H2,(H,29,30)/t16-/m0/s1. The van der Waals surface area contributed by atoms with Crippen LogP contribution in [0.2, 0.25) is 0 Å². The number of ether oxygens (including phenoxy) is 2. The van der Waals surface area contributed by atoms with Crippen molar-refractivity contribution in [1.82, 2.24) is 15.3 Å². The van der Waals surface area contributed by atoms with Crippen molar-refractivity contribution in [3.05, 3.63) is 72.2 Å². The highest BCUT2D eigenvalue weighted by molar-refractivity contribution is 7.87. The summed E-state index contributed by atoms with van der Waals surface area (Å²) in [7, 11) is -4.14. The first-order chi connectivity index (χ1) is 17.1. The van der Waals surface area contributed by atoms with Gasteiger partial charge in [0.05, 0.1) is 24.6 Å². The van der Waals surface area contributed by atoms with Gasteiger partial charge in [-0.15, -0.1) is 0 Å². The van der Waals surface area contributed by atoms with Gasteiger partial charge in [0.25, 0.3) is 5.91 Å². The molecule has 4 rings (SSSR count). The Bertz CT molecular complexity index is 1320. The van der Waals surface area contributed by atoms with Crippen molar-refractivity contribution in [2.45, 2.75) is 30.0 Å². The van der Waals surface area contributed by atoms with Crippen LogP contribution in [-0.4, -0.2) is 49.7 Å². The number of hydrogen-bond acceptors (Lipinski definition) is 8. The fraction of sp³-hybridized carbons (Fsp3) is 0.261. The molecule has 1 amide bonds. The lowest BCUT2D eigenvalue weighted by molar-refractivity contribution is -0.139. The SMILES string of the molecule is O=C(N[C@@H]1COc2cccc(OS(=O)(=O)c3cccnc3)c2C1)c1ccc(OCCC(F)(F)F)nc1. The molecule has 1 aliphatic rings. The average molecular weight is 523 g/mol. The largest absolute Gasteiger partial charge is 0.491 e. The maximum Gasteiger partial charge on any atom is 0.392 e. The number of carbonyl (C=O) groups is 1. The second kappa shape index (κ2) is 10.4. The first-order valence-electron chi connectivity index (χ1n) is 10.7. The zero-order valence-electron chi connectivity index (χ0n) is 18.6. The molecule has 0 saturated heterocycles. The summed E-state index contributed by atoms with van der Waals surface area (Å²) in [6, 6.07) is 9.74. The van der Waals surface area contributed by atoms with E-state index >= 15 is 0 Å². The fourth-order valence-electron chi connectivity index (χ4n) is 3.35. The highest BCUT2D eigenvalue weighted by Gasteiger charge is 2.28. The number of nitrogens with zero attached hydrogens (tertiary/aromatic N) is 2. The minimum Gasteiger partial charge on any atom is -0.491 e. The molecule has 0 bridgehead atoms. The number of nitrogens with one attached hydrogen (secondary N) is 1. The molecular weight excluding hydrogens is 503 g/mol. The van der Waals surface area contributed by atoms with Gasteiger partial charge in [-0.1, -0.05) is 6.07 Å². The minimum atomic E-state index is -4.34. The number of halogens is 3. The smallest absolute Gasteiger partial charge is 0.392 e. The van der Waals surface area contributed by atoms with Crippen LogP contribution in [0.15, 0.2) is 66.0 Å². The Morgan fingerprint density at radius 3 is 2.67 bits per heavy atom. The molecule has 0 aliphatic carbocycles. The van der Waals surface area contributed by atoms with E-state index in [1.807, 2.05) is 0 Å². The number of alkyl halides is 3. The second-order valence-electron chi connectivity index (χ2n) is 7.74. The van der Waals surface area contributed by atoms with Crippen LogP contribution in [0, 0.1) is 0 Å². The summed E-state index contributed by atoms with van der Waals surface area (Å²) in [5, 5.41) is 2.77. The maximum atomic E-state index is 12.7. The Labute approximate surface area is 204 Å². The monoisotopic (exact) mass is 523 g/mol. The molecule has 13 heteroatoms. The summed E-state index contributed by atoms with van der Waals surface area (Å²) < 4.78 is 77.9. The molecule has 0 saturated carbocycles. The van der Waals surface area contributed by atoms with Crippen molar-refractivity contribution >= 4 is 16.0 Å². The number of rotatable bonds is 8. The molecule has 3 heterocycles. The van der Waals surface area contributed by atoms with E-state index < -0.39 is 41.3 Å². The zero-order chi connectivity index (χ0) is 25.8.